The van der Waals surface area contributed by atoms with Crippen LogP contribution in [0, 0.1) is 18.2 Å². The number of carbonyl (C=O) groups is 2. The zero-order valence-electron chi connectivity index (χ0n) is 23.4. The van der Waals surface area contributed by atoms with Crippen LogP contribution >= 0.6 is 11.8 Å². The third-order valence-corrected chi connectivity index (χ3v) is 7.52. The van der Waals surface area contributed by atoms with E-state index in [0.717, 1.165) is 22.8 Å². The normalized spacial score (nSPS) is 14.6. The molecular weight excluding hydrogens is 483 g/mol. The third-order valence-electron chi connectivity index (χ3n) is 6.84. The molecule has 1 saturated heterocycles. The predicted octanol–water partition coefficient (Wildman–Crippen LogP) is 7.69. The Balaban J connectivity index is 0.000000626. The molecule has 4 nitrogen and oxygen atoms in total. The van der Waals surface area contributed by atoms with Gasteiger partial charge in [0.15, 0.2) is 0 Å². The van der Waals surface area contributed by atoms with E-state index in [2.05, 4.69) is 61.5 Å². The molecule has 37 heavy (non-hydrogen) atoms. The molecule has 0 aromatic heterocycles. The fourth-order valence-electron chi connectivity index (χ4n) is 4.36. The third kappa shape index (κ3) is 13.5. The molecule has 1 aliphatic heterocycles. The molecule has 3 rings (SSSR count). The van der Waals surface area contributed by atoms with Gasteiger partial charge in [0, 0.05) is 18.7 Å². The minimum Gasteiger partial charge on any atom is -0.307 e. The highest BCUT2D eigenvalue weighted by Crippen LogP contribution is 2.38. The van der Waals surface area contributed by atoms with Crippen molar-refractivity contribution in [1.82, 2.24) is 4.90 Å². The molecule has 0 N–H and O–H groups in total. The predicted molar refractivity (Wildman–Crippen MR) is 159 cm³/mol. The van der Waals surface area contributed by atoms with Crippen LogP contribution in [0.1, 0.15) is 63.1 Å². The first-order chi connectivity index (χ1) is 17.8. The van der Waals surface area contributed by atoms with Gasteiger partial charge in [0.05, 0.1) is 5.04 Å². The first-order valence-electron chi connectivity index (χ1n) is 12.7. The fraction of sp³-hybridized carbons (Fsp3) is 0.452. The zero-order chi connectivity index (χ0) is 28.3. The lowest BCUT2D eigenvalue weighted by atomic mass is 9.74. The van der Waals surface area contributed by atoms with Crippen LogP contribution in [0.2, 0.25) is 0 Å². The molecule has 1 heterocycles. The summed E-state index contributed by atoms with van der Waals surface area (Å²) >= 11 is 1.60. The number of aryl methyl sites for hydroxylation is 1. The van der Waals surface area contributed by atoms with Crippen molar-refractivity contribution in [3.05, 3.63) is 83.3 Å². The highest BCUT2D eigenvalue weighted by Gasteiger charge is 2.30. The van der Waals surface area contributed by atoms with Gasteiger partial charge in [0.2, 0.25) is 0 Å². The van der Waals surface area contributed by atoms with E-state index in [1.807, 2.05) is 26.8 Å². The van der Waals surface area contributed by atoms with Gasteiger partial charge in [-0.15, -0.1) is 11.8 Å². The topological polar surface area (TPSA) is 49.7 Å². The monoisotopic (exact) mass is 528 g/mol. The van der Waals surface area contributed by atoms with Gasteiger partial charge in [-0.3, -0.25) is 9.89 Å². The number of hydrogen-bond donors (Lipinski definition) is 0. The second-order valence-electron chi connectivity index (χ2n) is 9.18. The van der Waals surface area contributed by atoms with E-state index in [-0.39, 0.29) is 5.82 Å². The average Bonchev–Trinajstić information content (AvgIpc) is 2.93. The maximum absolute atomic E-state index is 12.6. The number of halogens is 1. The molecule has 0 radical (unpaired) electrons. The lowest BCUT2D eigenvalue weighted by molar-refractivity contribution is -0.0987. The van der Waals surface area contributed by atoms with Crippen LogP contribution in [0.5, 0.6) is 0 Å². The maximum Gasteiger partial charge on any atom is 0.123 e. The molecule has 1 aliphatic rings. The summed E-state index contributed by atoms with van der Waals surface area (Å²) in [6, 6.07) is 15.3. The van der Waals surface area contributed by atoms with Gasteiger partial charge < -0.3 is 9.59 Å². The standard InChI is InChI=1S/C17H27N.C12H14FNS.2CH2O/c1-4-17(5-2)9-11-18(12-10-17)14-16-8-6-7-15(3)13-16;1-9(14-10(2)15-3)8-11-4-6-12(13)7-5-11;2*1-2/h6-8,13H,4-5,9-12,14H2,1-3H3;4-7H,1,8H2,2-3H3;2*1H2. The van der Waals surface area contributed by atoms with Crippen molar-refractivity contribution in [2.24, 2.45) is 10.4 Å². The molecule has 6 heteroatoms. The van der Waals surface area contributed by atoms with Gasteiger partial charge in [-0.2, -0.15) is 0 Å². The Morgan fingerprint density at radius 2 is 1.57 bits per heavy atom. The number of rotatable bonds is 7. The van der Waals surface area contributed by atoms with Crippen molar-refractivity contribution < 1.29 is 14.0 Å². The van der Waals surface area contributed by atoms with Crippen molar-refractivity contribution in [2.75, 3.05) is 19.3 Å². The molecule has 2 aromatic carbocycles. The SMILES string of the molecule is C=C(Cc1ccc(F)cc1)N=C(C)SC.C=O.C=O.CCC1(CC)CCN(Cc2cccc(C)c2)CC1. The molecule has 0 spiro atoms. The summed E-state index contributed by atoms with van der Waals surface area (Å²) in [5, 5.41) is 0.988. The highest BCUT2D eigenvalue weighted by molar-refractivity contribution is 8.13. The van der Waals surface area contributed by atoms with Crippen LogP contribution in [0.4, 0.5) is 4.39 Å². The average molecular weight is 529 g/mol. The van der Waals surface area contributed by atoms with E-state index in [1.54, 1.807) is 23.9 Å². The van der Waals surface area contributed by atoms with Crippen molar-refractivity contribution >= 4 is 30.4 Å². The Labute approximate surface area is 228 Å². The summed E-state index contributed by atoms with van der Waals surface area (Å²) in [6.45, 7) is 20.4. The van der Waals surface area contributed by atoms with Crippen LogP contribution in [-0.4, -0.2) is 42.9 Å². The summed E-state index contributed by atoms with van der Waals surface area (Å²) in [6.07, 6.45) is 8.10. The molecule has 0 amide bonds. The molecule has 0 unspecified atom stereocenters. The Morgan fingerprint density at radius 3 is 2.05 bits per heavy atom. The summed E-state index contributed by atoms with van der Waals surface area (Å²) in [7, 11) is 0. The molecule has 0 bridgehead atoms. The number of carbonyl (C=O) groups excluding carboxylic acids is 2. The number of likely N-dealkylation sites (tertiary alicyclic amines) is 1. The quantitative estimate of drug-likeness (QED) is 0.273. The minimum absolute atomic E-state index is 0.215. The van der Waals surface area contributed by atoms with Crippen LogP contribution in [0.25, 0.3) is 0 Å². The van der Waals surface area contributed by atoms with Gasteiger partial charge >= 0.3 is 0 Å². The number of hydrogen-bond acceptors (Lipinski definition) is 5. The number of thioether (sulfide) groups is 1. The largest absolute Gasteiger partial charge is 0.307 e. The van der Waals surface area contributed by atoms with Crippen molar-refractivity contribution in [3.63, 3.8) is 0 Å². The number of benzene rings is 2. The molecule has 2 aromatic rings. The van der Waals surface area contributed by atoms with Crippen molar-refractivity contribution in [1.29, 1.82) is 0 Å². The van der Waals surface area contributed by atoms with Crippen LogP contribution in [-0.2, 0) is 22.6 Å². The number of allylic oxidation sites excluding steroid dienone is 1. The van der Waals surface area contributed by atoms with Crippen LogP contribution in [0.3, 0.4) is 0 Å². The first kappa shape index (κ1) is 34.4. The van der Waals surface area contributed by atoms with E-state index < -0.39 is 0 Å². The molecule has 0 saturated carbocycles. The maximum atomic E-state index is 12.6. The van der Waals surface area contributed by atoms with E-state index in [1.165, 1.54) is 62.0 Å². The second-order valence-corrected chi connectivity index (χ2v) is 10.2. The van der Waals surface area contributed by atoms with E-state index >= 15 is 0 Å². The van der Waals surface area contributed by atoms with Crippen LogP contribution in [0.15, 0.2) is 65.8 Å². The number of nitrogens with zero attached hydrogens (tertiary/aromatic N) is 2. The summed E-state index contributed by atoms with van der Waals surface area (Å²) in [5.74, 6) is -0.215. The zero-order valence-corrected chi connectivity index (χ0v) is 24.2. The lowest BCUT2D eigenvalue weighted by Crippen LogP contribution is -2.39. The van der Waals surface area contributed by atoms with Gasteiger partial charge in [0.25, 0.3) is 0 Å². The van der Waals surface area contributed by atoms with Gasteiger partial charge in [-0.1, -0.05) is 75.2 Å². The smallest absolute Gasteiger partial charge is 0.123 e. The van der Waals surface area contributed by atoms with Gasteiger partial charge in [-0.05, 0) is 74.7 Å². The fourth-order valence-corrected chi connectivity index (χ4v) is 4.58. The summed E-state index contributed by atoms with van der Waals surface area (Å²) in [5.41, 5.74) is 5.31. The number of piperidine rings is 1. The first-order valence-corrected chi connectivity index (χ1v) is 13.9. The van der Waals surface area contributed by atoms with Crippen molar-refractivity contribution in [3.8, 4) is 0 Å². The molecular formula is C31H45FN2O2S. The minimum atomic E-state index is -0.215. The summed E-state index contributed by atoms with van der Waals surface area (Å²) in [4.78, 5) is 22.9. The lowest BCUT2D eigenvalue weighted by Gasteiger charge is -2.41. The van der Waals surface area contributed by atoms with Crippen LogP contribution < -0.4 is 0 Å². The van der Waals surface area contributed by atoms with E-state index in [0.29, 0.717) is 11.8 Å². The Kier molecular flexibility index (Phi) is 18.2. The van der Waals surface area contributed by atoms with E-state index in [4.69, 9.17) is 9.59 Å². The Hall–Kier alpha value is -2.57. The van der Waals surface area contributed by atoms with Gasteiger partial charge in [-0.25, -0.2) is 4.39 Å². The second kappa shape index (κ2) is 19.5. The highest BCUT2D eigenvalue weighted by atomic mass is 32.2. The molecule has 0 aliphatic carbocycles. The van der Waals surface area contributed by atoms with Crippen molar-refractivity contribution in [2.45, 2.75) is 66.3 Å². The number of aliphatic imine (C=N–C) groups is 1. The Bertz CT molecular complexity index is 930. The molecule has 1 fully saturated rings. The van der Waals surface area contributed by atoms with E-state index in [9.17, 15) is 4.39 Å². The Morgan fingerprint density at radius 1 is 1.00 bits per heavy atom. The van der Waals surface area contributed by atoms with Gasteiger partial charge in [0.1, 0.15) is 19.4 Å². The molecule has 0 atom stereocenters. The molecule has 204 valence electrons. The summed E-state index contributed by atoms with van der Waals surface area (Å²) < 4.78 is 12.6.